The molecule has 7 heteroatoms. The van der Waals surface area contributed by atoms with Crippen molar-refractivity contribution in [2.45, 2.75) is 50.6 Å². The van der Waals surface area contributed by atoms with Crippen molar-refractivity contribution in [3.05, 3.63) is 0 Å². The molecule has 0 aromatic carbocycles. The standard InChI is InChI=1S/C8H18N2.C2H2O4.Pt/c9-8(10)6-4-2-1-3-5-7-8;3-1(4)2(5)6;/h1-7,9-10H2;(H,3,4)(H,5,6);/q;;+2/p-2. The van der Waals surface area contributed by atoms with Crippen LogP contribution in [0.15, 0.2) is 0 Å². The molecule has 0 atom stereocenters. The summed E-state index contributed by atoms with van der Waals surface area (Å²) >= 11 is 0. The molecule has 1 rings (SSSR count). The maximum atomic E-state index is 8.93. The Morgan fingerprint density at radius 1 is 0.824 bits per heavy atom. The number of carbonyl (C=O) groups is 2. The van der Waals surface area contributed by atoms with E-state index in [0.717, 1.165) is 12.8 Å². The topological polar surface area (TPSA) is 132 Å². The van der Waals surface area contributed by atoms with E-state index in [1.54, 1.807) is 0 Å². The number of carboxylic acid groups (broad SMARTS) is 2. The van der Waals surface area contributed by atoms with Crippen molar-refractivity contribution in [3.8, 4) is 0 Å². The molecule has 0 bridgehead atoms. The Balaban J connectivity index is 0. The van der Waals surface area contributed by atoms with E-state index in [9.17, 15) is 0 Å². The van der Waals surface area contributed by atoms with Crippen molar-refractivity contribution in [2.24, 2.45) is 11.5 Å². The van der Waals surface area contributed by atoms with E-state index < -0.39 is 11.9 Å². The first-order chi connectivity index (χ1) is 7.35. The van der Waals surface area contributed by atoms with Crippen molar-refractivity contribution in [1.29, 1.82) is 0 Å². The van der Waals surface area contributed by atoms with E-state index in [-0.39, 0.29) is 26.7 Å². The molecule has 0 radical (unpaired) electrons. The molecule has 0 unspecified atom stereocenters. The zero-order chi connectivity index (χ0) is 12.6. The molecular weight excluding hydrogens is 407 g/mol. The largest absolute Gasteiger partial charge is 2.00 e. The number of hydrogen-bond donors (Lipinski definition) is 2. The Kier molecular flexibility index (Phi) is 10.6. The van der Waals surface area contributed by atoms with Crippen LogP contribution in [0.5, 0.6) is 0 Å². The number of carboxylic acids is 2. The fourth-order valence-electron chi connectivity index (χ4n) is 1.56. The predicted molar refractivity (Wildman–Crippen MR) is 53.4 cm³/mol. The van der Waals surface area contributed by atoms with Crippen LogP contribution >= 0.6 is 0 Å². The number of aliphatic carboxylic acids is 2. The molecule has 1 saturated carbocycles. The zero-order valence-corrected chi connectivity index (χ0v) is 11.8. The first-order valence-electron chi connectivity index (χ1n) is 5.35. The maximum absolute atomic E-state index is 8.93. The second kappa shape index (κ2) is 9.57. The van der Waals surface area contributed by atoms with Gasteiger partial charge in [0.15, 0.2) is 0 Å². The van der Waals surface area contributed by atoms with Crippen LogP contribution < -0.4 is 21.7 Å². The second-order valence-electron chi connectivity index (χ2n) is 4.08. The minimum atomic E-state index is -2.19. The summed E-state index contributed by atoms with van der Waals surface area (Å²) in [4.78, 5) is 17.9. The second-order valence-corrected chi connectivity index (χ2v) is 4.08. The van der Waals surface area contributed by atoms with Crippen LogP contribution in [0, 0.1) is 0 Å². The van der Waals surface area contributed by atoms with Gasteiger partial charge in [0, 0.05) is 0 Å². The van der Waals surface area contributed by atoms with Crippen LogP contribution in [0.1, 0.15) is 44.9 Å². The van der Waals surface area contributed by atoms with Gasteiger partial charge in [0.2, 0.25) is 0 Å². The molecule has 0 amide bonds. The quantitative estimate of drug-likeness (QED) is 0.335. The minimum absolute atomic E-state index is 0. The van der Waals surface area contributed by atoms with Gasteiger partial charge in [-0.2, -0.15) is 0 Å². The third kappa shape index (κ3) is 11.8. The molecule has 1 aliphatic rings. The Hall–Kier alpha value is -0.452. The Bertz CT molecular complexity index is 224. The Morgan fingerprint density at radius 2 is 1.12 bits per heavy atom. The molecule has 102 valence electrons. The molecule has 6 nitrogen and oxygen atoms in total. The number of carbonyl (C=O) groups excluding carboxylic acids is 2. The van der Waals surface area contributed by atoms with Crippen LogP contribution in [0.3, 0.4) is 0 Å². The average molecular weight is 425 g/mol. The van der Waals surface area contributed by atoms with Gasteiger partial charge in [-0.15, -0.1) is 0 Å². The predicted octanol–water partition coefficient (Wildman–Crippen LogP) is -2.17. The third-order valence-corrected chi connectivity index (χ3v) is 2.45. The van der Waals surface area contributed by atoms with Crippen molar-refractivity contribution in [3.63, 3.8) is 0 Å². The van der Waals surface area contributed by atoms with E-state index in [1.165, 1.54) is 32.1 Å². The van der Waals surface area contributed by atoms with E-state index >= 15 is 0 Å². The molecular formula is C10H18N2O4Pt. The summed E-state index contributed by atoms with van der Waals surface area (Å²) in [7, 11) is 0. The Labute approximate surface area is 115 Å². The number of nitrogens with two attached hydrogens (primary N) is 2. The number of hydrogen-bond acceptors (Lipinski definition) is 6. The minimum Gasteiger partial charge on any atom is -0.543 e. The van der Waals surface area contributed by atoms with Gasteiger partial charge in [-0.1, -0.05) is 32.1 Å². The van der Waals surface area contributed by atoms with Gasteiger partial charge in [-0.3, -0.25) is 0 Å². The van der Waals surface area contributed by atoms with Crippen LogP contribution in [-0.2, 0) is 30.7 Å². The fraction of sp³-hybridized carbons (Fsp3) is 0.800. The molecule has 4 N–H and O–H groups in total. The molecule has 1 aliphatic carbocycles. The summed E-state index contributed by atoms with van der Waals surface area (Å²) in [5.41, 5.74) is 11.3. The normalized spacial score (nSPS) is 18.5. The van der Waals surface area contributed by atoms with Crippen LogP contribution in [-0.4, -0.2) is 17.6 Å². The van der Waals surface area contributed by atoms with Gasteiger partial charge in [0.25, 0.3) is 0 Å². The van der Waals surface area contributed by atoms with E-state index in [2.05, 4.69) is 0 Å². The molecule has 0 spiro atoms. The smallest absolute Gasteiger partial charge is 0.543 e. The number of rotatable bonds is 0. The molecule has 0 heterocycles. The molecule has 0 aromatic heterocycles. The third-order valence-electron chi connectivity index (χ3n) is 2.45. The van der Waals surface area contributed by atoms with E-state index in [4.69, 9.17) is 31.3 Å². The SMILES string of the molecule is NC1(N)CCCCCCC1.O=C([O-])C(=O)[O-].[Pt+2]. The monoisotopic (exact) mass is 425 g/mol. The summed E-state index contributed by atoms with van der Waals surface area (Å²) < 4.78 is 0. The molecule has 17 heavy (non-hydrogen) atoms. The van der Waals surface area contributed by atoms with Crippen molar-refractivity contribution >= 4 is 11.9 Å². The van der Waals surface area contributed by atoms with E-state index in [1.807, 2.05) is 0 Å². The van der Waals surface area contributed by atoms with Crippen molar-refractivity contribution in [2.75, 3.05) is 0 Å². The summed E-state index contributed by atoms with van der Waals surface area (Å²) in [6.07, 6.45) is 8.45. The molecule has 0 aromatic rings. The van der Waals surface area contributed by atoms with Crippen LogP contribution in [0.4, 0.5) is 0 Å². The maximum Gasteiger partial charge on any atom is 2.00 e. The molecule has 0 aliphatic heterocycles. The van der Waals surface area contributed by atoms with Gasteiger partial charge in [0.05, 0.1) is 17.6 Å². The summed E-state index contributed by atoms with van der Waals surface area (Å²) in [5, 5.41) is 17.9. The summed E-state index contributed by atoms with van der Waals surface area (Å²) in [5.74, 6) is -4.37. The van der Waals surface area contributed by atoms with Gasteiger partial charge >= 0.3 is 21.1 Å². The first kappa shape index (κ1) is 18.9. The fourth-order valence-corrected chi connectivity index (χ4v) is 1.56. The average Bonchev–Trinajstić information content (AvgIpc) is 2.13. The van der Waals surface area contributed by atoms with Crippen LogP contribution in [0.2, 0.25) is 0 Å². The Morgan fingerprint density at radius 3 is 1.41 bits per heavy atom. The van der Waals surface area contributed by atoms with E-state index in [0.29, 0.717) is 0 Å². The van der Waals surface area contributed by atoms with Gasteiger partial charge < -0.3 is 31.3 Å². The molecule has 0 saturated heterocycles. The van der Waals surface area contributed by atoms with Crippen LogP contribution in [0.25, 0.3) is 0 Å². The zero-order valence-electron chi connectivity index (χ0n) is 9.55. The van der Waals surface area contributed by atoms with Crippen molar-refractivity contribution in [1.82, 2.24) is 0 Å². The van der Waals surface area contributed by atoms with Gasteiger partial charge in [0.1, 0.15) is 0 Å². The first-order valence-corrected chi connectivity index (χ1v) is 5.35. The van der Waals surface area contributed by atoms with Gasteiger partial charge in [-0.05, 0) is 12.8 Å². The van der Waals surface area contributed by atoms with Gasteiger partial charge in [-0.25, -0.2) is 0 Å². The van der Waals surface area contributed by atoms with Crippen molar-refractivity contribution < 1.29 is 40.9 Å². The molecule has 1 fully saturated rings. The summed E-state index contributed by atoms with van der Waals surface area (Å²) in [6.45, 7) is 0. The summed E-state index contributed by atoms with van der Waals surface area (Å²) in [6, 6.07) is 0.